The Labute approximate surface area is 468 Å². The van der Waals surface area contributed by atoms with Crippen molar-refractivity contribution in [1.29, 1.82) is 0 Å². The van der Waals surface area contributed by atoms with Crippen LogP contribution in [0, 0.1) is 0 Å². The Morgan fingerprint density at radius 2 is 0.494 bits per heavy atom. The van der Waals surface area contributed by atoms with Crippen molar-refractivity contribution in [3.8, 4) is 0 Å². The summed E-state index contributed by atoms with van der Waals surface area (Å²) in [6.45, 7) is -7.81. The summed E-state index contributed by atoms with van der Waals surface area (Å²) in [7, 11) is 0. The predicted molar refractivity (Wildman–Crippen MR) is 251 cm³/mol. The maximum atomic E-state index is 12.0. The molecule has 15 saturated heterocycles. The van der Waals surface area contributed by atoms with Crippen molar-refractivity contribution in [1.82, 2.24) is 0 Å². The van der Waals surface area contributed by atoms with Crippen LogP contribution in [0.4, 0.5) is 0 Å². The summed E-state index contributed by atoms with van der Waals surface area (Å²) in [4.78, 5) is 2.65. The molecule has 0 aromatic heterocycles. The first-order valence-corrected chi connectivity index (χ1v) is 26.6. The molecule has 15 fully saturated rings. The smallest absolute Gasteiger partial charge is 0.187 e. The van der Waals surface area contributed by atoms with Crippen LogP contribution in [0.25, 0.3) is 10.4 Å². The van der Waals surface area contributed by atoms with Crippen LogP contribution in [0.15, 0.2) is 5.11 Å². The van der Waals surface area contributed by atoms with Gasteiger partial charge in [-0.15, -0.1) is 0 Å². The number of aliphatic hydroxyl groups excluding tert-OH is 20. The fraction of sp³-hybridized carbons (Fsp3) is 1.00. The molecule has 0 spiro atoms. The molecule has 480 valence electrons. The van der Waals surface area contributed by atoms with E-state index in [0.717, 1.165) is 0 Å². The standard InChI is InChI=1S/C45H75N3O35/c46-48-47-2-1-3-69-38-30(68)37-17(10-55)76-45(38)83-36-16(9-54)75-43(29(67)23(36)61)81-34-14(7-52)73-41(27(65)21(34)59)79-32-12(5-50)71-39(25(63)19(32)57)77-31-11(4-49)70-40(24(62)18(31)56)78-33-13(6-51)72-42(26(64)20(33)58)80-35-15(8-53)74-44(82-37)28(66)22(35)60/h11-45,49-68H,1-10H2/t11-,12-,13-,14-,15-,16-,17-,18-,19+,20-,21+,22-,23+,24-,25-,26-,27+,28-,29+,30+,31-,32-,33-,34-,35-,36-,37-,38-,39-,40-,41-,42-,43-,44-,45-/m1/s1. The molecule has 15 aliphatic heterocycles. The van der Waals surface area contributed by atoms with Gasteiger partial charge >= 0.3 is 0 Å². The Morgan fingerprint density at radius 1 is 0.289 bits per heavy atom. The first-order valence-electron chi connectivity index (χ1n) is 26.6. The molecule has 0 saturated carbocycles. The van der Waals surface area contributed by atoms with E-state index >= 15 is 0 Å². The quantitative estimate of drug-likeness (QED) is 0.0373. The molecule has 38 heteroatoms. The van der Waals surface area contributed by atoms with Crippen molar-refractivity contribution in [3.63, 3.8) is 0 Å². The van der Waals surface area contributed by atoms with E-state index in [9.17, 15) is 102 Å². The van der Waals surface area contributed by atoms with E-state index in [1.165, 1.54) is 0 Å². The normalized spacial score (nSPS) is 52.1. The monoisotopic (exact) mass is 1220 g/mol. The molecule has 15 heterocycles. The summed E-state index contributed by atoms with van der Waals surface area (Å²) < 4.78 is 86.8. The zero-order chi connectivity index (χ0) is 60.3. The summed E-state index contributed by atoms with van der Waals surface area (Å²) in [5.74, 6) is 0. The van der Waals surface area contributed by atoms with Gasteiger partial charge in [0.15, 0.2) is 44.0 Å². The Morgan fingerprint density at radius 3 is 0.711 bits per heavy atom. The van der Waals surface area contributed by atoms with Gasteiger partial charge in [-0.25, -0.2) is 0 Å². The number of nitrogens with zero attached hydrogens (tertiary/aromatic N) is 3. The topological polar surface area (TPSA) is 592 Å². The minimum Gasteiger partial charge on any atom is -0.394 e. The average Bonchev–Trinajstić information content (AvgIpc) is 3.29. The number of fused-ring (bicyclic) bond motifs is 7. The molecule has 0 amide bonds. The van der Waals surface area contributed by atoms with Crippen molar-refractivity contribution in [3.05, 3.63) is 10.4 Å². The number of ether oxygens (including phenoxy) is 15. The molecule has 0 aromatic carbocycles. The van der Waals surface area contributed by atoms with E-state index in [-0.39, 0.29) is 19.6 Å². The highest BCUT2D eigenvalue weighted by molar-refractivity contribution is 5.02. The van der Waals surface area contributed by atoms with E-state index < -0.39 is 261 Å². The fourth-order valence-corrected chi connectivity index (χ4v) is 11.0. The minimum atomic E-state index is -2.22. The molecule has 15 rings (SSSR count). The van der Waals surface area contributed by atoms with Crippen LogP contribution < -0.4 is 0 Å². The molecule has 14 bridgehead atoms. The van der Waals surface area contributed by atoms with Crippen molar-refractivity contribution in [2.75, 3.05) is 59.4 Å². The van der Waals surface area contributed by atoms with Crippen LogP contribution in [0.3, 0.4) is 0 Å². The summed E-state index contributed by atoms with van der Waals surface area (Å²) >= 11 is 0. The SMILES string of the molecule is [N-]=[N+]=NCCCO[C@H]1[C@H]2O[C@H]3[C@@H](O)[C@H](O)[C@@H](O[C@H]4[C@@H](O)[C@H](O)[C@@H](O[C@H]5[C@@H](O)[C@@H](O)[C@@H](O[C@H]6[C@H](O)[C@@H](O)[C@@H](O[C@H]7[C@H](O)[C@@H](O)[C@@H](O[C@H]8[C@H](O)[C@@H](O)[C@@H](O[C@@H]([C@@H]1O)[C@@H](CO)O2)O[C@@H]8CO)O[C@@H]7CO)O[C@@H]6CO)O[C@@H]5CO)O[C@@H]4CO)O[C@@H]3CO. The number of rotatable bonds is 12. The van der Waals surface area contributed by atoms with E-state index in [4.69, 9.17) is 76.6 Å². The van der Waals surface area contributed by atoms with Crippen LogP contribution in [-0.2, 0) is 71.1 Å². The number of aliphatic hydroxyl groups is 20. The molecular weight excluding hydrogens is 1140 g/mol. The molecule has 20 N–H and O–H groups in total. The average molecular weight is 1220 g/mol. The molecule has 0 aromatic rings. The van der Waals surface area contributed by atoms with Gasteiger partial charge in [0.05, 0.1) is 46.2 Å². The summed E-state index contributed by atoms with van der Waals surface area (Å²) in [5.41, 5.74) is 8.79. The number of hydrogen-bond donors (Lipinski definition) is 20. The van der Waals surface area contributed by atoms with E-state index in [2.05, 4.69) is 10.0 Å². The van der Waals surface area contributed by atoms with Gasteiger partial charge in [-0.3, -0.25) is 0 Å². The maximum Gasteiger partial charge on any atom is 0.187 e. The lowest BCUT2D eigenvalue weighted by Gasteiger charge is -2.50. The van der Waals surface area contributed by atoms with Crippen LogP contribution in [0.2, 0.25) is 0 Å². The van der Waals surface area contributed by atoms with Crippen LogP contribution >= 0.6 is 0 Å². The molecule has 83 heavy (non-hydrogen) atoms. The highest BCUT2D eigenvalue weighted by Crippen LogP contribution is 2.39. The summed E-state index contributed by atoms with van der Waals surface area (Å²) in [6.07, 6.45) is -69.7. The molecular formula is C45H75N3O35. The van der Waals surface area contributed by atoms with Crippen molar-refractivity contribution in [2.24, 2.45) is 5.11 Å². The van der Waals surface area contributed by atoms with Crippen molar-refractivity contribution in [2.45, 2.75) is 221 Å². The van der Waals surface area contributed by atoms with Gasteiger partial charge in [0.25, 0.3) is 0 Å². The Balaban J connectivity index is 1.10. The first-order chi connectivity index (χ1) is 39.7. The van der Waals surface area contributed by atoms with Gasteiger partial charge < -0.3 is 173 Å². The van der Waals surface area contributed by atoms with E-state index in [1.54, 1.807) is 0 Å². The van der Waals surface area contributed by atoms with E-state index in [1.807, 2.05) is 0 Å². The molecule has 15 aliphatic rings. The van der Waals surface area contributed by atoms with Crippen LogP contribution in [0.5, 0.6) is 0 Å². The molecule has 38 nitrogen and oxygen atoms in total. The second-order valence-corrected chi connectivity index (χ2v) is 20.8. The predicted octanol–water partition coefficient (Wildman–Crippen LogP) is -13.5. The summed E-state index contributed by atoms with van der Waals surface area (Å²) in [5, 5.41) is 225. The second kappa shape index (κ2) is 29.5. The van der Waals surface area contributed by atoms with Crippen LogP contribution in [0.1, 0.15) is 6.42 Å². The molecule has 0 radical (unpaired) electrons. The Kier molecular flexibility index (Phi) is 23.7. The lowest BCUT2D eigenvalue weighted by atomic mass is 9.95. The fourth-order valence-electron chi connectivity index (χ4n) is 11.0. The van der Waals surface area contributed by atoms with Crippen molar-refractivity contribution < 1.29 is 173 Å². The van der Waals surface area contributed by atoms with Gasteiger partial charge in [0, 0.05) is 18.1 Å². The Hall–Kier alpha value is -2.09. The van der Waals surface area contributed by atoms with Gasteiger partial charge in [-0.1, -0.05) is 5.11 Å². The molecule has 0 unspecified atom stereocenters. The lowest BCUT2D eigenvalue weighted by Crippen LogP contribution is -2.68. The number of azide groups is 1. The highest BCUT2D eigenvalue weighted by Gasteiger charge is 2.60. The highest BCUT2D eigenvalue weighted by atomic mass is 16.8. The number of hydrogen-bond acceptors (Lipinski definition) is 36. The van der Waals surface area contributed by atoms with Gasteiger partial charge in [0.1, 0.15) is 171 Å². The zero-order valence-corrected chi connectivity index (χ0v) is 43.7. The van der Waals surface area contributed by atoms with Gasteiger partial charge in [-0.2, -0.15) is 0 Å². The zero-order valence-electron chi connectivity index (χ0n) is 43.7. The van der Waals surface area contributed by atoms with Gasteiger partial charge in [-0.05, 0) is 12.0 Å². The van der Waals surface area contributed by atoms with Crippen LogP contribution in [-0.4, -0.2) is 376 Å². The van der Waals surface area contributed by atoms with Crippen molar-refractivity contribution >= 4 is 0 Å². The molecule has 35 atom stereocenters. The Bertz CT molecular complexity index is 2040. The third kappa shape index (κ3) is 13.9. The third-order valence-electron chi connectivity index (χ3n) is 15.5. The second-order valence-electron chi connectivity index (χ2n) is 20.8. The summed E-state index contributed by atoms with van der Waals surface area (Å²) in [6, 6.07) is 0. The van der Waals surface area contributed by atoms with Gasteiger partial charge in [0.2, 0.25) is 0 Å². The first kappa shape index (κ1) is 66.9. The molecule has 0 aliphatic carbocycles. The minimum absolute atomic E-state index is 0.000349. The van der Waals surface area contributed by atoms with E-state index in [0.29, 0.717) is 0 Å². The maximum absolute atomic E-state index is 12.0. The lowest BCUT2D eigenvalue weighted by molar-refractivity contribution is -0.398. The largest absolute Gasteiger partial charge is 0.394 e. The third-order valence-corrected chi connectivity index (χ3v) is 15.5.